The molecule has 0 aromatic carbocycles. The average molecular weight is 223 g/mol. The minimum absolute atomic E-state index is 0.0743. The van der Waals surface area contributed by atoms with Gasteiger partial charge in [-0.3, -0.25) is 4.90 Å². The number of hydrogen-bond acceptors (Lipinski definition) is 2. The van der Waals surface area contributed by atoms with E-state index in [1.165, 1.54) is 12.8 Å². The Labute approximate surface area is 97.1 Å². The van der Waals surface area contributed by atoms with Gasteiger partial charge in [-0.25, -0.2) is 4.79 Å². The minimum atomic E-state index is -0.0743. The maximum Gasteiger partial charge on any atom is 0.315 e. The lowest BCUT2D eigenvalue weighted by Crippen LogP contribution is -2.43. The summed E-state index contributed by atoms with van der Waals surface area (Å²) in [7, 11) is 0. The molecule has 2 rings (SSSR count). The van der Waals surface area contributed by atoms with E-state index in [4.69, 9.17) is 0 Å². The predicted molar refractivity (Wildman–Crippen MR) is 64.3 cm³/mol. The highest BCUT2D eigenvalue weighted by molar-refractivity contribution is 5.74. The van der Waals surface area contributed by atoms with E-state index in [-0.39, 0.29) is 6.03 Å². The van der Waals surface area contributed by atoms with Crippen LogP contribution in [0.1, 0.15) is 26.2 Å². The second-order valence-electron chi connectivity index (χ2n) is 4.85. The molecule has 0 spiro atoms. The maximum atomic E-state index is 11.5. The Bertz CT molecular complexity index is 275. The largest absolute Gasteiger partial charge is 0.335 e. The fourth-order valence-corrected chi connectivity index (χ4v) is 2.48. The Morgan fingerprint density at radius 2 is 2.31 bits per heavy atom. The Kier molecular flexibility index (Phi) is 3.49. The number of nitrogens with zero attached hydrogens (tertiary/aromatic N) is 1. The molecule has 0 unspecified atom stereocenters. The van der Waals surface area contributed by atoms with Crippen LogP contribution in [-0.4, -0.2) is 42.1 Å². The zero-order valence-corrected chi connectivity index (χ0v) is 9.91. The molecular formula is C12H21N3O. The molecule has 2 aliphatic rings. The third-order valence-electron chi connectivity index (χ3n) is 3.38. The predicted octanol–water partition coefficient (Wildman–Crippen LogP) is 1.10. The number of nitrogens with one attached hydrogen (secondary N) is 2. The molecule has 2 fully saturated rings. The topological polar surface area (TPSA) is 44.4 Å². The summed E-state index contributed by atoms with van der Waals surface area (Å²) < 4.78 is 0. The van der Waals surface area contributed by atoms with Gasteiger partial charge in [-0.2, -0.15) is 0 Å². The van der Waals surface area contributed by atoms with Crippen molar-refractivity contribution in [2.24, 2.45) is 0 Å². The normalized spacial score (nSPS) is 30.1. The molecule has 0 radical (unpaired) electrons. The monoisotopic (exact) mass is 223 g/mol. The van der Waals surface area contributed by atoms with Crippen molar-refractivity contribution < 1.29 is 4.79 Å². The molecular weight excluding hydrogens is 202 g/mol. The van der Waals surface area contributed by atoms with Crippen LogP contribution in [0.4, 0.5) is 4.79 Å². The van der Waals surface area contributed by atoms with E-state index in [2.05, 4.69) is 29.0 Å². The summed E-state index contributed by atoms with van der Waals surface area (Å²) in [6.07, 6.45) is 5.42. The summed E-state index contributed by atoms with van der Waals surface area (Å²) in [5.41, 5.74) is 0. The van der Waals surface area contributed by atoms with Crippen LogP contribution in [0.25, 0.3) is 0 Å². The van der Waals surface area contributed by atoms with Gasteiger partial charge in [0.05, 0.1) is 0 Å². The number of amides is 2. The highest BCUT2D eigenvalue weighted by atomic mass is 16.2. The lowest BCUT2D eigenvalue weighted by Gasteiger charge is -2.19. The van der Waals surface area contributed by atoms with Crippen molar-refractivity contribution in [3.63, 3.8) is 0 Å². The molecule has 90 valence electrons. The Hall–Kier alpha value is -1.03. The third kappa shape index (κ3) is 2.76. The average Bonchev–Trinajstić information content (AvgIpc) is 3.01. The van der Waals surface area contributed by atoms with Gasteiger partial charge >= 0.3 is 6.03 Å². The summed E-state index contributed by atoms with van der Waals surface area (Å²) >= 11 is 0. The van der Waals surface area contributed by atoms with Gasteiger partial charge in [0.2, 0.25) is 0 Å². The van der Waals surface area contributed by atoms with Crippen molar-refractivity contribution in [3.8, 4) is 0 Å². The van der Waals surface area contributed by atoms with E-state index in [0.717, 1.165) is 19.0 Å². The van der Waals surface area contributed by atoms with Gasteiger partial charge in [-0.1, -0.05) is 6.08 Å². The van der Waals surface area contributed by atoms with E-state index in [0.29, 0.717) is 18.6 Å². The summed E-state index contributed by atoms with van der Waals surface area (Å²) in [4.78, 5) is 14.0. The zero-order chi connectivity index (χ0) is 11.5. The van der Waals surface area contributed by atoms with E-state index in [9.17, 15) is 4.79 Å². The fraction of sp³-hybridized carbons (Fsp3) is 0.750. The number of rotatable bonds is 4. The first-order chi connectivity index (χ1) is 7.70. The number of carbonyl (C=O) groups is 1. The quantitative estimate of drug-likeness (QED) is 0.701. The number of hydrogen-bond donors (Lipinski definition) is 2. The molecule has 1 heterocycles. The third-order valence-corrected chi connectivity index (χ3v) is 3.38. The molecule has 0 aromatic rings. The van der Waals surface area contributed by atoms with E-state index in [1.807, 2.05) is 0 Å². The standard InChI is InChI=1S/C12H21N3O/c1-3-6-13-12(16)14-10-7-9(2)15(8-10)11-4-5-11/h3,9-11H,1,4-8H2,2H3,(H2,13,14,16)/t9-,10-/m1/s1. The maximum absolute atomic E-state index is 11.5. The van der Waals surface area contributed by atoms with Crippen molar-refractivity contribution in [3.05, 3.63) is 12.7 Å². The first kappa shape index (κ1) is 11.5. The van der Waals surface area contributed by atoms with Crippen LogP contribution >= 0.6 is 0 Å². The second-order valence-corrected chi connectivity index (χ2v) is 4.85. The number of carbonyl (C=O) groups excluding carboxylic acids is 1. The van der Waals surface area contributed by atoms with Crippen molar-refractivity contribution in [2.45, 2.75) is 44.3 Å². The first-order valence-electron chi connectivity index (χ1n) is 6.11. The Balaban J connectivity index is 1.74. The lowest BCUT2D eigenvalue weighted by atomic mass is 10.2. The van der Waals surface area contributed by atoms with Crippen LogP contribution in [0.3, 0.4) is 0 Å². The van der Waals surface area contributed by atoms with Gasteiger partial charge in [-0.05, 0) is 26.2 Å². The fourth-order valence-electron chi connectivity index (χ4n) is 2.48. The molecule has 0 aromatic heterocycles. The molecule has 2 N–H and O–H groups in total. The van der Waals surface area contributed by atoms with Gasteiger partial charge in [0.15, 0.2) is 0 Å². The summed E-state index contributed by atoms with van der Waals surface area (Å²) in [5.74, 6) is 0. The first-order valence-corrected chi connectivity index (χ1v) is 6.11. The van der Waals surface area contributed by atoms with Gasteiger partial charge < -0.3 is 10.6 Å². The molecule has 2 atom stereocenters. The van der Waals surface area contributed by atoms with Crippen LogP contribution in [0, 0.1) is 0 Å². The highest BCUT2D eigenvalue weighted by Crippen LogP contribution is 2.33. The van der Waals surface area contributed by atoms with Gasteiger partial charge in [0.25, 0.3) is 0 Å². The Morgan fingerprint density at radius 1 is 1.56 bits per heavy atom. The van der Waals surface area contributed by atoms with Crippen molar-refractivity contribution in [1.82, 2.24) is 15.5 Å². The minimum Gasteiger partial charge on any atom is -0.335 e. The van der Waals surface area contributed by atoms with Crippen LogP contribution < -0.4 is 10.6 Å². The van der Waals surface area contributed by atoms with Crippen LogP contribution in [0.5, 0.6) is 0 Å². The molecule has 1 saturated carbocycles. The van der Waals surface area contributed by atoms with Gasteiger partial charge in [-0.15, -0.1) is 6.58 Å². The lowest BCUT2D eigenvalue weighted by molar-refractivity contribution is 0.235. The van der Waals surface area contributed by atoms with E-state index in [1.54, 1.807) is 6.08 Å². The van der Waals surface area contributed by atoms with Crippen LogP contribution in [-0.2, 0) is 0 Å². The second kappa shape index (κ2) is 4.87. The molecule has 0 bridgehead atoms. The van der Waals surface area contributed by atoms with E-state index >= 15 is 0 Å². The molecule has 4 nitrogen and oxygen atoms in total. The van der Waals surface area contributed by atoms with Crippen molar-refractivity contribution >= 4 is 6.03 Å². The molecule has 1 aliphatic carbocycles. The summed E-state index contributed by atoms with van der Waals surface area (Å²) in [5, 5.41) is 5.76. The molecule has 1 saturated heterocycles. The number of urea groups is 1. The molecule has 1 aliphatic heterocycles. The van der Waals surface area contributed by atoms with Crippen LogP contribution in [0.2, 0.25) is 0 Å². The van der Waals surface area contributed by atoms with Crippen LogP contribution in [0.15, 0.2) is 12.7 Å². The summed E-state index contributed by atoms with van der Waals surface area (Å²) in [6, 6.07) is 1.63. The highest BCUT2D eigenvalue weighted by Gasteiger charge is 2.38. The molecule has 4 heteroatoms. The SMILES string of the molecule is C=CCNC(=O)N[C@@H]1C[C@@H](C)N(C2CC2)C1. The van der Waals surface area contributed by atoms with E-state index < -0.39 is 0 Å². The van der Waals surface area contributed by atoms with Crippen molar-refractivity contribution in [1.29, 1.82) is 0 Å². The zero-order valence-electron chi connectivity index (χ0n) is 9.91. The number of likely N-dealkylation sites (tertiary alicyclic amines) is 1. The van der Waals surface area contributed by atoms with Crippen molar-refractivity contribution in [2.75, 3.05) is 13.1 Å². The van der Waals surface area contributed by atoms with Gasteiger partial charge in [0.1, 0.15) is 0 Å². The van der Waals surface area contributed by atoms with Gasteiger partial charge in [0, 0.05) is 31.2 Å². The Morgan fingerprint density at radius 3 is 2.94 bits per heavy atom. The molecule has 2 amide bonds. The smallest absolute Gasteiger partial charge is 0.315 e. The summed E-state index contributed by atoms with van der Waals surface area (Å²) in [6.45, 7) is 7.36. The molecule has 16 heavy (non-hydrogen) atoms.